The summed E-state index contributed by atoms with van der Waals surface area (Å²) in [7, 11) is 1.66. The summed E-state index contributed by atoms with van der Waals surface area (Å²) in [5, 5.41) is 3.22. The highest BCUT2D eigenvalue weighted by atomic mass is 79.9. The molecule has 0 saturated carbocycles. The van der Waals surface area contributed by atoms with E-state index in [1.807, 2.05) is 35.9 Å². The molecule has 1 N–H and O–H groups in total. The summed E-state index contributed by atoms with van der Waals surface area (Å²) in [6.07, 6.45) is 3.78. The molecule has 1 aromatic heterocycles. The first-order valence-electron chi connectivity index (χ1n) is 5.90. The van der Waals surface area contributed by atoms with Gasteiger partial charge in [-0.3, -0.25) is 4.57 Å². The largest absolute Gasteiger partial charge is 0.497 e. The maximum absolute atomic E-state index is 5.27. The van der Waals surface area contributed by atoms with Gasteiger partial charge in [0.05, 0.1) is 18.5 Å². The van der Waals surface area contributed by atoms with E-state index in [-0.39, 0.29) is 0 Å². The number of ether oxygens (including phenoxy) is 1. The maximum Gasteiger partial charge on any atom is 0.208 e. The molecule has 0 radical (unpaired) electrons. The Kier molecular flexibility index (Phi) is 4.27. The van der Waals surface area contributed by atoms with Gasteiger partial charge in [-0.25, -0.2) is 4.98 Å². The van der Waals surface area contributed by atoms with Crippen LogP contribution in [0.5, 0.6) is 5.75 Å². The summed E-state index contributed by atoms with van der Waals surface area (Å²) in [6, 6.07) is 5.83. The van der Waals surface area contributed by atoms with Crippen LogP contribution in [0.2, 0.25) is 0 Å². The number of benzene rings is 1. The van der Waals surface area contributed by atoms with Crippen LogP contribution in [0.1, 0.15) is 5.69 Å². The molecule has 0 saturated heterocycles. The first kappa shape index (κ1) is 13.7. The molecule has 0 spiro atoms. The van der Waals surface area contributed by atoms with Crippen LogP contribution < -0.4 is 10.1 Å². The molecule has 1 heterocycles. The molecule has 0 amide bonds. The van der Waals surface area contributed by atoms with E-state index >= 15 is 0 Å². The quantitative estimate of drug-likeness (QED) is 0.856. The minimum Gasteiger partial charge on any atom is -0.497 e. The van der Waals surface area contributed by atoms with E-state index < -0.39 is 0 Å². The molecule has 1 aromatic carbocycles. The third-order valence-electron chi connectivity index (χ3n) is 2.64. The van der Waals surface area contributed by atoms with Gasteiger partial charge in [-0.05, 0) is 35.0 Å². The SMILES string of the molecule is C=CCNc1nc(C)cn1-c1cc(OC)ccc1Br. The Morgan fingerprint density at radius 2 is 2.32 bits per heavy atom. The fourth-order valence-electron chi connectivity index (χ4n) is 1.77. The van der Waals surface area contributed by atoms with Crippen molar-refractivity contribution in [1.82, 2.24) is 9.55 Å². The fourth-order valence-corrected chi connectivity index (χ4v) is 2.21. The van der Waals surface area contributed by atoms with Gasteiger partial charge in [0.2, 0.25) is 5.95 Å². The third kappa shape index (κ3) is 2.98. The highest BCUT2D eigenvalue weighted by Crippen LogP contribution is 2.28. The van der Waals surface area contributed by atoms with E-state index in [9.17, 15) is 0 Å². The number of hydrogen-bond donors (Lipinski definition) is 1. The standard InChI is InChI=1S/C14H16BrN3O/c1-4-7-16-14-17-10(2)9-18(14)13-8-11(19-3)5-6-12(13)15/h4-6,8-9H,1,7H2,2-3H3,(H,16,17). The molecule has 0 aliphatic rings. The second-order valence-electron chi connectivity index (χ2n) is 4.06. The molecular formula is C14H16BrN3O. The summed E-state index contributed by atoms with van der Waals surface area (Å²) in [5.41, 5.74) is 1.92. The number of nitrogens with zero attached hydrogens (tertiary/aromatic N) is 2. The smallest absolute Gasteiger partial charge is 0.208 e. The van der Waals surface area contributed by atoms with E-state index in [2.05, 4.69) is 32.8 Å². The Hall–Kier alpha value is -1.75. The van der Waals surface area contributed by atoms with Crippen molar-refractivity contribution in [3.8, 4) is 11.4 Å². The van der Waals surface area contributed by atoms with E-state index in [1.54, 1.807) is 13.2 Å². The average Bonchev–Trinajstić information content (AvgIpc) is 2.78. The first-order valence-corrected chi connectivity index (χ1v) is 6.69. The van der Waals surface area contributed by atoms with Gasteiger partial charge >= 0.3 is 0 Å². The number of anilines is 1. The lowest BCUT2D eigenvalue weighted by molar-refractivity contribution is 0.414. The molecule has 0 atom stereocenters. The molecule has 0 bridgehead atoms. The lowest BCUT2D eigenvalue weighted by atomic mass is 10.3. The summed E-state index contributed by atoms with van der Waals surface area (Å²) >= 11 is 3.56. The van der Waals surface area contributed by atoms with Crippen LogP contribution in [-0.2, 0) is 0 Å². The van der Waals surface area contributed by atoms with Crippen molar-refractivity contribution >= 4 is 21.9 Å². The van der Waals surface area contributed by atoms with Crippen molar-refractivity contribution in [1.29, 1.82) is 0 Å². The van der Waals surface area contributed by atoms with Gasteiger partial charge in [-0.15, -0.1) is 6.58 Å². The normalized spacial score (nSPS) is 10.3. The maximum atomic E-state index is 5.27. The molecular weight excluding hydrogens is 306 g/mol. The number of hydrogen-bond acceptors (Lipinski definition) is 3. The summed E-state index contributed by atoms with van der Waals surface area (Å²) in [4.78, 5) is 4.46. The zero-order chi connectivity index (χ0) is 13.8. The number of nitrogens with one attached hydrogen (secondary N) is 1. The minimum absolute atomic E-state index is 0.665. The van der Waals surface area contributed by atoms with Crippen LogP contribution in [-0.4, -0.2) is 23.2 Å². The van der Waals surface area contributed by atoms with Gasteiger partial charge in [0, 0.05) is 23.3 Å². The average molecular weight is 322 g/mol. The van der Waals surface area contributed by atoms with Crippen LogP contribution in [0.3, 0.4) is 0 Å². The van der Waals surface area contributed by atoms with Gasteiger partial charge in [0.15, 0.2) is 0 Å². The van der Waals surface area contributed by atoms with Gasteiger partial charge < -0.3 is 10.1 Å². The monoisotopic (exact) mass is 321 g/mol. The van der Waals surface area contributed by atoms with Crippen molar-refractivity contribution in [3.05, 3.63) is 47.2 Å². The van der Waals surface area contributed by atoms with Gasteiger partial charge in [0.1, 0.15) is 5.75 Å². The summed E-state index contributed by atoms with van der Waals surface area (Å²) < 4.78 is 8.24. The molecule has 2 rings (SSSR count). The lowest BCUT2D eigenvalue weighted by Crippen LogP contribution is -2.06. The Morgan fingerprint density at radius 1 is 1.53 bits per heavy atom. The molecule has 19 heavy (non-hydrogen) atoms. The Bertz CT molecular complexity index is 592. The van der Waals surface area contributed by atoms with Crippen LogP contribution in [0.15, 0.2) is 41.5 Å². The van der Waals surface area contributed by atoms with Crippen LogP contribution >= 0.6 is 15.9 Å². The second-order valence-corrected chi connectivity index (χ2v) is 4.92. The molecule has 0 unspecified atom stereocenters. The topological polar surface area (TPSA) is 39.1 Å². The van der Waals surface area contributed by atoms with Crippen molar-refractivity contribution in [3.63, 3.8) is 0 Å². The van der Waals surface area contributed by atoms with E-state index in [0.717, 1.165) is 27.6 Å². The van der Waals surface area contributed by atoms with Gasteiger partial charge in [0.25, 0.3) is 0 Å². The third-order valence-corrected chi connectivity index (χ3v) is 3.31. The van der Waals surface area contributed by atoms with Crippen LogP contribution in [0.25, 0.3) is 5.69 Å². The number of methoxy groups -OCH3 is 1. The molecule has 0 fully saturated rings. The van der Waals surface area contributed by atoms with E-state index in [1.165, 1.54) is 0 Å². The molecule has 0 aliphatic heterocycles. The predicted octanol–water partition coefficient (Wildman–Crippen LogP) is 3.55. The van der Waals surface area contributed by atoms with Gasteiger partial charge in [-0.1, -0.05) is 6.08 Å². The summed E-state index contributed by atoms with van der Waals surface area (Å²) in [5.74, 6) is 1.59. The highest BCUT2D eigenvalue weighted by Gasteiger charge is 2.10. The zero-order valence-corrected chi connectivity index (χ0v) is 12.6. The Labute approximate surface area is 121 Å². The number of aromatic nitrogens is 2. The zero-order valence-electron chi connectivity index (χ0n) is 11.0. The predicted molar refractivity (Wildman–Crippen MR) is 81.2 cm³/mol. The highest BCUT2D eigenvalue weighted by molar-refractivity contribution is 9.10. The second kappa shape index (κ2) is 5.93. The number of rotatable bonds is 5. The van der Waals surface area contributed by atoms with Crippen LogP contribution in [0.4, 0.5) is 5.95 Å². The summed E-state index contributed by atoms with van der Waals surface area (Å²) in [6.45, 7) is 6.33. The van der Waals surface area contributed by atoms with E-state index in [4.69, 9.17) is 4.74 Å². The Morgan fingerprint density at radius 3 is 3.00 bits per heavy atom. The molecule has 0 aliphatic carbocycles. The van der Waals surface area contributed by atoms with Crippen molar-refractivity contribution in [2.45, 2.75) is 6.92 Å². The minimum atomic E-state index is 0.665. The molecule has 100 valence electrons. The number of imidazole rings is 1. The first-order chi connectivity index (χ1) is 9.15. The molecule has 4 nitrogen and oxygen atoms in total. The van der Waals surface area contributed by atoms with Gasteiger partial charge in [-0.2, -0.15) is 0 Å². The van der Waals surface area contributed by atoms with Crippen molar-refractivity contribution in [2.75, 3.05) is 19.0 Å². The van der Waals surface area contributed by atoms with Crippen molar-refractivity contribution in [2.24, 2.45) is 0 Å². The fraction of sp³-hybridized carbons (Fsp3) is 0.214. The molecule has 2 aromatic rings. The van der Waals surface area contributed by atoms with E-state index in [0.29, 0.717) is 6.54 Å². The number of aryl methyl sites for hydroxylation is 1. The van der Waals surface area contributed by atoms with Crippen molar-refractivity contribution < 1.29 is 4.74 Å². The van der Waals surface area contributed by atoms with Crippen LogP contribution in [0, 0.1) is 6.92 Å². The molecule has 5 heteroatoms. The Balaban J connectivity index is 2.48. The number of halogens is 1. The lowest BCUT2D eigenvalue weighted by Gasteiger charge is -2.11.